The Hall–Kier alpha value is -3.26. The lowest BCUT2D eigenvalue weighted by Gasteiger charge is -2.14. The number of phenolic OH excluding ortho intramolecular Hbond substituents is 1. The second kappa shape index (κ2) is 6.70. The van der Waals surface area contributed by atoms with Crippen molar-refractivity contribution >= 4 is 28.1 Å². The number of anilines is 2. The largest absolute Gasteiger partial charge is 0.506 e. The SMILES string of the molecule is CN(C)Cc1nc(Nc2cc([N+](=O)[O-])ccc2O)c2ccccc2n1. The van der Waals surface area contributed by atoms with Crippen LogP contribution in [-0.4, -0.2) is 39.0 Å². The Balaban J connectivity index is 2.09. The number of para-hydroxylation sites is 1. The number of rotatable bonds is 5. The van der Waals surface area contributed by atoms with E-state index in [1.54, 1.807) is 0 Å². The Kier molecular flexibility index (Phi) is 4.44. The molecule has 0 aliphatic carbocycles. The van der Waals surface area contributed by atoms with Gasteiger partial charge in [-0.1, -0.05) is 12.1 Å². The zero-order valence-corrected chi connectivity index (χ0v) is 13.8. The minimum absolute atomic E-state index is 0.0950. The minimum atomic E-state index is -0.514. The maximum absolute atomic E-state index is 11.0. The summed E-state index contributed by atoms with van der Waals surface area (Å²) in [6.45, 7) is 0.542. The molecular formula is C17H17N5O3. The van der Waals surface area contributed by atoms with Crippen molar-refractivity contribution in [1.29, 1.82) is 0 Å². The molecule has 0 atom stereocenters. The molecule has 0 saturated heterocycles. The highest BCUT2D eigenvalue weighted by Crippen LogP contribution is 2.32. The second-order valence-corrected chi connectivity index (χ2v) is 5.83. The molecule has 0 aliphatic rings. The fourth-order valence-electron chi connectivity index (χ4n) is 2.44. The van der Waals surface area contributed by atoms with Crippen molar-refractivity contribution in [2.75, 3.05) is 19.4 Å². The van der Waals surface area contributed by atoms with E-state index < -0.39 is 4.92 Å². The van der Waals surface area contributed by atoms with Crippen molar-refractivity contribution in [1.82, 2.24) is 14.9 Å². The summed E-state index contributed by atoms with van der Waals surface area (Å²) in [5.74, 6) is 0.997. The van der Waals surface area contributed by atoms with E-state index in [1.807, 2.05) is 43.3 Å². The Labute approximate surface area is 143 Å². The molecule has 0 amide bonds. The molecule has 1 aromatic heterocycles. The number of nitro groups is 1. The average molecular weight is 339 g/mol. The van der Waals surface area contributed by atoms with Crippen LogP contribution in [0.5, 0.6) is 5.75 Å². The van der Waals surface area contributed by atoms with Crippen molar-refractivity contribution in [2.45, 2.75) is 6.54 Å². The van der Waals surface area contributed by atoms with Gasteiger partial charge in [-0.25, -0.2) is 9.97 Å². The molecule has 0 bridgehead atoms. The van der Waals surface area contributed by atoms with Gasteiger partial charge in [-0.15, -0.1) is 0 Å². The van der Waals surface area contributed by atoms with Crippen LogP contribution in [0.15, 0.2) is 42.5 Å². The molecule has 0 radical (unpaired) electrons. The van der Waals surface area contributed by atoms with E-state index in [4.69, 9.17) is 0 Å². The van der Waals surface area contributed by atoms with E-state index in [0.29, 0.717) is 18.2 Å². The first-order valence-electron chi connectivity index (χ1n) is 7.59. The summed E-state index contributed by atoms with van der Waals surface area (Å²) in [6, 6.07) is 11.3. The molecule has 3 aromatic rings. The van der Waals surface area contributed by atoms with E-state index in [-0.39, 0.29) is 17.1 Å². The molecule has 8 nitrogen and oxygen atoms in total. The van der Waals surface area contributed by atoms with E-state index in [2.05, 4.69) is 15.3 Å². The maximum atomic E-state index is 11.0. The van der Waals surface area contributed by atoms with Crippen LogP contribution in [0.3, 0.4) is 0 Å². The molecule has 0 saturated carbocycles. The smallest absolute Gasteiger partial charge is 0.271 e. The van der Waals surface area contributed by atoms with Gasteiger partial charge in [-0.3, -0.25) is 10.1 Å². The number of fused-ring (bicyclic) bond motifs is 1. The molecule has 1 heterocycles. The fraction of sp³-hybridized carbons (Fsp3) is 0.176. The lowest BCUT2D eigenvalue weighted by Crippen LogP contribution is -2.14. The van der Waals surface area contributed by atoms with Crippen molar-refractivity contribution < 1.29 is 10.0 Å². The van der Waals surface area contributed by atoms with Gasteiger partial charge in [0.05, 0.1) is 22.7 Å². The van der Waals surface area contributed by atoms with Crippen LogP contribution >= 0.6 is 0 Å². The number of benzene rings is 2. The van der Waals surface area contributed by atoms with Crippen LogP contribution < -0.4 is 5.32 Å². The van der Waals surface area contributed by atoms with Gasteiger partial charge in [0.15, 0.2) is 0 Å². The van der Waals surface area contributed by atoms with Crippen molar-refractivity contribution in [3.63, 3.8) is 0 Å². The summed E-state index contributed by atoms with van der Waals surface area (Å²) >= 11 is 0. The lowest BCUT2D eigenvalue weighted by atomic mass is 10.2. The third-order valence-corrected chi connectivity index (χ3v) is 3.55. The third-order valence-electron chi connectivity index (χ3n) is 3.55. The van der Waals surface area contributed by atoms with E-state index in [0.717, 1.165) is 10.9 Å². The normalized spacial score (nSPS) is 11.0. The van der Waals surface area contributed by atoms with Crippen molar-refractivity contribution in [2.24, 2.45) is 0 Å². The monoisotopic (exact) mass is 339 g/mol. The summed E-state index contributed by atoms with van der Waals surface area (Å²) in [4.78, 5) is 21.4. The van der Waals surface area contributed by atoms with Crippen LogP contribution in [0.1, 0.15) is 5.82 Å². The van der Waals surface area contributed by atoms with E-state index in [1.165, 1.54) is 18.2 Å². The number of nitrogens with one attached hydrogen (secondary N) is 1. The quantitative estimate of drug-likeness (QED) is 0.418. The average Bonchev–Trinajstić information content (AvgIpc) is 2.56. The van der Waals surface area contributed by atoms with Gasteiger partial charge in [-0.05, 0) is 32.3 Å². The first-order chi connectivity index (χ1) is 11.9. The molecule has 128 valence electrons. The predicted molar refractivity (Wildman–Crippen MR) is 95.0 cm³/mol. The van der Waals surface area contributed by atoms with Crippen LogP contribution in [0, 0.1) is 10.1 Å². The lowest BCUT2D eigenvalue weighted by molar-refractivity contribution is -0.384. The molecule has 2 N–H and O–H groups in total. The first-order valence-corrected chi connectivity index (χ1v) is 7.59. The molecule has 0 spiro atoms. The Morgan fingerprint density at radius 3 is 2.68 bits per heavy atom. The van der Waals surface area contributed by atoms with Crippen LogP contribution in [0.4, 0.5) is 17.2 Å². The zero-order chi connectivity index (χ0) is 18.0. The number of hydrogen-bond acceptors (Lipinski definition) is 7. The predicted octanol–water partition coefficient (Wildman–Crippen LogP) is 3.05. The minimum Gasteiger partial charge on any atom is -0.506 e. The number of hydrogen-bond donors (Lipinski definition) is 2. The Bertz CT molecular complexity index is 943. The summed E-state index contributed by atoms with van der Waals surface area (Å²) in [6.07, 6.45) is 0. The van der Waals surface area contributed by atoms with Gasteiger partial charge < -0.3 is 15.3 Å². The molecule has 3 rings (SSSR count). The third kappa shape index (κ3) is 3.64. The van der Waals surface area contributed by atoms with E-state index >= 15 is 0 Å². The standard InChI is InChI=1S/C17H17N5O3/c1-21(2)10-16-18-13-6-4-3-5-12(13)17(20-16)19-14-9-11(22(24)25)7-8-15(14)23/h3-9,23H,10H2,1-2H3,(H,18,19,20). The Morgan fingerprint density at radius 2 is 1.96 bits per heavy atom. The van der Waals surface area contributed by atoms with Gasteiger partial charge in [0.25, 0.3) is 5.69 Å². The van der Waals surface area contributed by atoms with Gasteiger partial charge in [-0.2, -0.15) is 0 Å². The van der Waals surface area contributed by atoms with Crippen molar-refractivity contribution in [3.05, 3.63) is 58.4 Å². The van der Waals surface area contributed by atoms with Gasteiger partial charge in [0.2, 0.25) is 0 Å². The van der Waals surface area contributed by atoms with E-state index in [9.17, 15) is 15.2 Å². The fourth-order valence-corrected chi connectivity index (χ4v) is 2.44. The summed E-state index contributed by atoms with van der Waals surface area (Å²) < 4.78 is 0. The summed E-state index contributed by atoms with van der Waals surface area (Å²) in [5, 5.41) is 24.8. The number of nitro benzene ring substituents is 1. The first kappa shape index (κ1) is 16.6. The number of non-ortho nitro benzene ring substituents is 1. The summed E-state index contributed by atoms with van der Waals surface area (Å²) in [5.41, 5.74) is 0.850. The van der Waals surface area contributed by atoms with Gasteiger partial charge >= 0.3 is 0 Å². The highest BCUT2D eigenvalue weighted by Gasteiger charge is 2.14. The molecule has 0 aliphatic heterocycles. The molecule has 2 aromatic carbocycles. The molecule has 25 heavy (non-hydrogen) atoms. The number of phenols is 1. The van der Waals surface area contributed by atoms with Crippen LogP contribution in [0.2, 0.25) is 0 Å². The Morgan fingerprint density at radius 1 is 1.20 bits per heavy atom. The molecular weight excluding hydrogens is 322 g/mol. The van der Waals surface area contributed by atoms with Crippen molar-refractivity contribution in [3.8, 4) is 5.75 Å². The number of aromatic hydroxyl groups is 1. The number of aromatic nitrogens is 2. The van der Waals surface area contributed by atoms with Gasteiger partial charge in [0, 0.05) is 17.5 Å². The molecule has 8 heteroatoms. The van der Waals surface area contributed by atoms with Gasteiger partial charge in [0.1, 0.15) is 17.4 Å². The highest BCUT2D eigenvalue weighted by atomic mass is 16.6. The molecule has 0 fully saturated rings. The summed E-state index contributed by atoms with van der Waals surface area (Å²) in [7, 11) is 3.83. The topological polar surface area (TPSA) is 104 Å². The zero-order valence-electron chi connectivity index (χ0n) is 13.8. The second-order valence-electron chi connectivity index (χ2n) is 5.83. The number of nitrogens with zero attached hydrogens (tertiary/aromatic N) is 4. The maximum Gasteiger partial charge on any atom is 0.271 e. The van der Waals surface area contributed by atoms with Crippen LogP contribution in [0.25, 0.3) is 10.9 Å². The van der Waals surface area contributed by atoms with Crippen LogP contribution in [-0.2, 0) is 6.54 Å². The highest BCUT2D eigenvalue weighted by molar-refractivity contribution is 5.91. The molecule has 0 unspecified atom stereocenters.